The van der Waals surface area contributed by atoms with Crippen molar-refractivity contribution in [3.05, 3.63) is 24.3 Å². The molecule has 294 valence electrons. The van der Waals surface area contributed by atoms with E-state index in [1.807, 2.05) is 0 Å². The van der Waals surface area contributed by atoms with Crippen molar-refractivity contribution in [2.75, 3.05) is 13.1 Å². The molecule has 8 heteroatoms. The number of nitrogens with two attached hydrogens (primary N) is 3. The summed E-state index contributed by atoms with van der Waals surface area (Å²) in [6, 6.07) is 0.404. The number of allylic oxidation sites excluding steroid dienone is 2. The Hall–Kier alpha value is -1.29. The molecule has 4 aliphatic rings. The second-order valence-corrected chi connectivity index (χ2v) is 17.9. The highest BCUT2D eigenvalue weighted by atomic mass is 16.4. The Kier molecular flexibility index (Phi) is 18.5. The summed E-state index contributed by atoms with van der Waals surface area (Å²) in [5, 5.41) is 50.6. The minimum atomic E-state index is -1.19. The van der Waals surface area contributed by atoms with E-state index in [4.69, 9.17) is 5.73 Å². The van der Waals surface area contributed by atoms with E-state index in [1.54, 1.807) is 0 Å². The van der Waals surface area contributed by atoms with Gasteiger partial charge in [-0.25, -0.2) is 0 Å². The average Bonchev–Trinajstić information content (AvgIpc) is 3.42. The van der Waals surface area contributed by atoms with Crippen molar-refractivity contribution in [1.29, 1.82) is 0 Å². The van der Waals surface area contributed by atoms with Gasteiger partial charge in [-0.15, -0.1) is 0 Å². The number of carboxylic acids is 1. The molecular weight excluding hydrogens is 638 g/mol. The van der Waals surface area contributed by atoms with Crippen LogP contribution in [0.25, 0.3) is 0 Å². The number of carboxylic acid groups (broad SMARTS) is 1. The SMILES string of the molecule is CCCCC[C@H]1C=C[C@@H](CCCCC[C@H](C(=O)[O-])[C@H](O)CC[C@@]2(O)C[C@@H](C[NH2+][C@@H](C)C=CC3CCCCC3)[C@H](CC3CC[NH2+]C(N)C3)C2)[C@H](O)C1. The number of hydrogen-bond acceptors (Lipinski definition) is 6. The summed E-state index contributed by atoms with van der Waals surface area (Å²) < 4.78 is 0. The molecule has 0 radical (unpaired) electrons. The maximum Gasteiger partial charge on any atom is 0.137 e. The van der Waals surface area contributed by atoms with Gasteiger partial charge in [0, 0.05) is 30.1 Å². The first-order valence-corrected chi connectivity index (χ1v) is 21.6. The molecule has 0 amide bonds. The molecule has 0 spiro atoms. The Bertz CT molecular complexity index is 1050. The van der Waals surface area contributed by atoms with Gasteiger partial charge in [-0.1, -0.05) is 82.9 Å². The van der Waals surface area contributed by atoms with Crippen molar-refractivity contribution in [2.45, 2.75) is 185 Å². The Morgan fingerprint density at radius 1 is 1.02 bits per heavy atom. The Labute approximate surface area is 310 Å². The number of quaternary nitrogens is 2. The number of aliphatic carboxylic acids is 1. The maximum absolute atomic E-state index is 12.2. The van der Waals surface area contributed by atoms with Crippen molar-refractivity contribution in [3.63, 3.8) is 0 Å². The molecule has 4 rings (SSSR count). The van der Waals surface area contributed by atoms with E-state index in [0.29, 0.717) is 55.4 Å². The van der Waals surface area contributed by atoms with E-state index >= 15 is 0 Å². The van der Waals surface area contributed by atoms with Gasteiger partial charge in [-0.05, 0) is 114 Å². The Morgan fingerprint density at radius 3 is 2.51 bits per heavy atom. The third-order valence-electron chi connectivity index (χ3n) is 13.5. The predicted molar refractivity (Wildman–Crippen MR) is 203 cm³/mol. The van der Waals surface area contributed by atoms with Gasteiger partial charge in [0.15, 0.2) is 0 Å². The lowest BCUT2D eigenvalue weighted by atomic mass is 9.81. The van der Waals surface area contributed by atoms with E-state index in [-0.39, 0.29) is 24.6 Å². The number of carbonyl (C=O) groups excluding carboxylic acids is 1. The van der Waals surface area contributed by atoms with Crippen LogP contribution in [0.4, 0.5) is 0 Å². The summed E-state index contributed by atoms with van der Waals surface area (Å²) in [4.78, 5) is 12.2. The number of aliphatic hydroxyl groups excluding tert-OH is 2. The standard InChI is InChI=1S/C43H77N3O5/c1-3-4-7-14-33-19-20-35(40(48)26-33)15-10-6-11-16-38(42(49)50)39(47)21-23-43(51)28-36(25-34-22-24-45-41(44)27-34)37(29-43)30-46-31(2)17-18-32-12-8-5-9-13-32/h17-20,31-41,45-48,51H,3-16,21-30,44H2,1-2H3,(H,49,50)/p+1/t31-,33-,34?,35+,36+,37-,38-,39+,40+,41?,43-/m0/s1. The lowest BCUT2D eigenvalue weighted by Crippen LogP contribution is -2.94. The van der Waals surface area contributed by atoms with Gasteiger partial charge >= 0.3 is 0 Å². The number of aliphatic hydroxyl groups is 3. The fourth-order valence-corrected chi connectivity index (χ4v) is 10.2. The molecule has 1 aliphatic heterocycles. The van der Waals surface area contributed by atoms with Gasteiger partial charge in [0.25, 0.3) is 0 Å². The summed E-state index contributed by atoms with van der Waals surface area (Å²) in [7, 11) is 0. The number of rotatable bonds is 22. The van der Waals surface area contributed by atoms with Gasteiger partial charge in [0.2, 0.25) is 0 Å². The highest BCUT2D eigenvalue weighted by molar-refractivity contribution is 5.68. The van der Waals surface area contributed by atoms with Crippen molar-refractivity contribution < 1.29 is 35.9 Å². The van der Waals surface area contributed by atoms with Crippen LogP contribution < -0.4 is 21.5 Å². The second kappa shape index (κ2) is 22.2. The van der Waals surface area contributed by atoms with Crippen LogP contribution in [-0.4, -0.2) is 64.4 Å². The van der Waals surface area contributed by atoms with E-state index in [0.717, 1.165) is 70.4 Å². The number of unbranched alkanes of at least 4 members (excludes halogenated alkanes) is 4. The topological polar surface area (TPSA) is 160 Å². The fraction of sp³-hybridized carbons (Fsp3) is 0.884. The van der Waals surface area contributed by atoms with Crippen LogP contribution in [-0.2, 0) is 4.79 Å². The van der Waals surface area contributed by atoms with Crippen LogP contribution in [0.15, 0.2) is 24.3 Å². The minimum Gasteiger partial charge on any atom is -0.550 e. The van der Waals surface area contributed by atoms with Crippen molar-refractivity contribution >= 4 is 5.97 Å². The van der Waals surface area contributed by atoms with Crippen molar-refractivity contribution in [1.82, 2.24) is 0 Å². The van der Waals surface area contributed by atoms with Gasteiger partial charge < -0.3 is 35.9 Å². The molecule has 0 bridgehead atoms. The Balaban J connectivity index is 1.22. The van der Waals surface area contributed by atoms with Crippen LogP contribution in [0, 0.1) is 41.4 Å². The van der Waals surface area contributed by atoms with Gasteiger partial charge in [-0.3, -0.25) is 5.73 Å². The van der Waals surface area contributed by atoms with Crippen LogP contribution in [0.3, 0.4) is 0 Å². The molecule has 0 aromatic rings. The third kappa shape index (κ3) is 14.8. The van der Waals surface area contributed by atoms with E-state index in [9.17, 15) is 25.2 Å². The number of hydrogen-bond donors (Lipinski definition) is 6. The lowest BCUT2D eigenvalue weighted by Gasteiger charge is -2.30. The summed E-state index contributed by atoms with van der Waals surface area (Å²) in [5.74, 6) is 0.673. The molecule has 0 aromatic heterocycles. The van der Waals surface area contributed by atoms with Crippen molar-refractivity contribution in [2.24, 2.45) is 47.2 Å². The zero-order valence-electron chi connectivity index (χ0n) is 32.5. The molecule has 1 heterocycles. The summed E-state index contributed by atoms with van der Waals surface area (Å²) in [6.07, 6.45) is 29.8. The maximum atomic E-state index is 12.2. The second-order valence-electron chi connectivity index (χ2n) is 17.9. The molecule has 9 N–H and O–H groups in total. The smallest absolute Gasteiger partial charge is 0.137 e. The molecule has 1 saturated heterocycles. The van der Waals surface area contributed by atoms with Gasteiger partial charge in [0.1, 0.15) is 12.2 Å². The zero-order chi connectivity index (χ0) is 36.6. The molecule has 2 unspecified atom stereocenters. The third-order valence-corrected chi connectivity index (χ3v) is 13.5. The predicted octanol–water partition coefficient (Wildman–Crippen LogP) is 4.07. The largest absolute Gasteiger partial charge is 0.550 e. The minimum absolute atomic E-state index is 0.166. The molecule has 0 aromatic carbocycles. The van der Waals surface area contributed by atoms with E-state index in [2.05, 4.69) is 48.8 Å². The highest BCUT2D eigenvalue weighted by Gasteiger charge is 2.46. The fourth-order valence-electron chi connectivity index (χ4n) is 10.2. The molecule has 3 aliphatic carbocycles. The first kappa shape index (κ1) is 42.5. The monoisotopic (exact) mass is 717 g/mol. The quantitative estimate of drug-likeness (QED) is 0.0732. The Morgan fingerprint density at radius 2 is 1.78 bits per heavy atom. The van der Waals surface area contributed by atoms with E-state index < -0.39 is 23.6 Å². The molecule has 2 saturated carbocycles. The zero-order valence-corrected chi connectivity index (χ0v) is 32.5. The molecular formula is C43H78N3O5+. The van der Waals surface area contributed by atoms with Gasteiger partial charge in [0.05, 0.1) is 30.9 Å². The average molecular weight is 717 g/mol. The van der Waals surface area contributed by atoms with Crippen LogP contribution in [0.1, 0.15) is 155 Å². The van der Waals surface area contributed by atoms with E-state index in [1.165, 1.54) is 57.8 Å². The first-order chi connectivity index (χ1) is 24.5. The van der Waals surface area contributed by atoms with Crippen LogP contribution in [0.2, 0.25) is 0 Å². The molecule has 3 fully saturated rings. The highest BCUT2D eigenvalue weighted by Crippen LogP contribution is 2.45. The normalized spacial score (nSPS) is 33.8. The number of carbonyl (C=O) groups is 1. The molecule has 11 atom stereocenters. The lowest BCUT2D eigenvalue weighted by molar-refractivity contribution is -0.699. The summed E-state index contributed by atoms with van der Waals surface area (Å²) in [5.41, 5.74) is 5.43. The van der Waals surface area contributed by atoms with Crippen LogP contribution >= 0.6 is 0 Å². The summed E-state index contributed by atoms with van der Waals surface area (Å²) >= 11 is 0. The van der Waals surface area contributed by atoms with Crippen LogP contribution in [0.5, 0.6) is 0 Å². The molecule has 8 nitrogen and oxygen atoms in total. The summed E-state index contributed by atoms with van der Waals surface area (Å²) in [6.45, 7) is 6.54. The number of piperidine rings is 1. The van der Waals surface area contributed by atoms with Crippen molar-refractivity contribution in [3.8, 4) is 0 Å². The van der Waals surface area contributed by atoms with Gasteiger partial charge in [-0.2, -0.15) is 0 Å². The first-order valence-electron chi connectivity index (χ1n) is 21.6. The molecule has 51 heavy (non-hydrogen) atoms.